The number of nitrogens with two attached hydrogens (primary N) is 1. The van der Waals surface area contributed by atoms with Gasteiger partial charge in [-0.25, -0.2) is 0 Å². The summed E-state index contributed by atoms with van der Waals surface area (Å²) in [6, 6.07) is 20.0. The molecule has 0 aliphatic rings. The Bertz CT molecular complexity index is 1050. The molecular formula is C22H19N3O4. The molecule has 3 aromatic rings. The molecule has 0 saturated carbocycles. The normalized spacial score (nSPS) is 11.5. The van der Waals surface area contributed by atoms with Gasteiger partial charge in [0.2, 0.25) is 5.91 Å². The fraction of sp³-hybridized carbons (Fsp3) is 0.0909. The maximum atomic E-state index is 13.4. The number of nitrogens with zero attached hydrogens (tertiary/aromatic N) is 2. The van der Waals surface area contributed by atoms with E-state index in [2.05, 4.69) is 0 Å². The molecular weight excluding hydrogens is 370 g/mol. The first-order valence-electron chi connectivity index (χ1n) is 8.87. The van der Waals surface area contributed by atoms with Crippen molar-refractivity contribution in [2.75, 3.05) is 4.90 Å². The van der Waals surface area contributed by atoms with E-state index >= 15 is 0 Å². The first kappa shape index (κ1) is 19.8. The lowest BCUT2D eigenvalue weighted by Gasteiger charge is -2.30. The van der Waals surface area contributed by atoms with Crippen LogP contribution in [-0.2, 0) is 4.79 Å². The molecule has 2 N–H and O–H groups in total. The summed E-state index contributed by atoms with van der Waals surface area (Å²) in [5.74, 6) is -1.28. The number of hydrogen-bond donors (Lipinski definition) is 1. The third-order valence-electron chi connectivity index (χ3n) is 4.48. The number of primary amides is 1. The standard InChI is InChI=1S/C22H19N3O4/c1-15-10-12-16(13-11-15)20(21(23)26)24(18-7-3-2-4-8-18)22(27)17-6-5-9-19(14-17)25(28)29/h2-14,20H,1H3,(H2,23,26). The maximum Gasteiger partial charge on any atom is 0.270 e. The SMILES string of the molecule is Cc1ccc(C(C(N)=O)N(C(=O)c2cccc([N+](=O)[O-])c2)c2ccccc2)cc1. The number of carbonyl (C=O) groups excluding carboxylic acids is 2. The van der Waals surface area contributed by atoms with Crippen LogP contribution >= 0.6 is 0 Å². The molecule has 0 radical (unpaired) electrons. The van der Waals surface area contributed by atoms with Crippen molar-refractivity contribution in [2.45, 2.75) is 13.0 Å². The Hall–Kier alpha value is -4.00. The Balaban J connectivity index is 2.15. The Morgan fingerprint density at radius 1 is 0.966 bits per heavy atom. The van der Waals surface area contributed by atoms with Crippen LogP contribution in [0.2, 0.25) is 0 Å². The number of carbonyl (C=O) groups is 2. The summed E-state index contributed by atoms with van der Waals surface area (Å²) in [7, 11) is 0. The number of aryl methyl sites for hydroxylation is 1. The molecule has 0 saturated heterocycles. The Morgan fingerprint density at radius 2 is 1.62 bits per heavy atom. The highest BCUT2D eigenvalue weighted by molar-refractivity contribution is 6.10. The van der Waals surface area contributed by atoms with Crippen LogP contribution < -0.4 is 10.6 Å². The summed E-state index contributed by atoms with van der Waals surface area (Å²) in [6.07, 6.45) is 0. The van der Waals surface area contributed by atoms with Crippen LogP contribution in [0, 0.1) is 17.0 Å². The van der Waals surface area contributed by atoms with Crippen molar-refractivity contribution in [3.05, 3.63) is 106 Å². The zero-order chi connectivity index (χ0) is 21.0. The van der Waals surface area contributed by atoms with Gasteiger partial charge < -0.3 is 5.73 Å². The van der Waals surface area contributed by atoms with E-state index in [-0.39, 0.29) is 11.3 Å². The van der Waals surface area contributed by atoms with Crippen molar-refractivity contribution < 1.29 is 14.5 Å². The zero-order valence-corrected chi connectivity index (χ0v) is 15.7. The van der Waals surface area contributed by atoms with E-state index in [9.17, 15) is 19.7 Å². The largest absolute Gasteiger partial charge is 0.368 e. The van der Waals surface area contributed by atoms with Crippen LogP contribution in [0.1, 0.15) is 27.5 Å². The Labute approximate surface area is 167 Å². The minimum Gasteiger partial charge on any atom is -0.368 e. The second kappa shape index (κ2) is 8.35. The van der Waals surface area contributed by atoms with Gasteiger partial charge in [0.15, 0.2) is 0 Å². The van der Waals surface area contributed by atoms with E-state index in [1.54, 1.807) is 42.5 Å². The van der Waals surface area contributed by atoms with Gasteiger partial charge in [-0.2, -0.15) is 0 Å². The molecule has 0 aromatic heterocycles. The molecule has 29 heavy (non-hydrogen) atoms. The second-order valence-electron chi connectivity index (χ2n) is 6.53. The van der Waals surface area contributed by atoms with Crippen molar-refractivity contribution in [1.29, 1.82) is 0 Å². The molecule has 2 amide bonds. The lowest BCUT2D eigenvalue weighted by molar-refractivity contribution is -0.384. The number of nitro benzene ring substituents is 1. The predicted molar refractivity (Wildman–Crippen MR) is 109 cm³/mol. The van der Waals surface area contributed by atoms with E-state index in [0.29, 0.717) is 11.3 Å². The molecule has 0 fully saturated rings. The van der Waals surface area contributed by atoms with Gasteiger partial charge in [-0.1, -0.05) is 54.1 Å². The molecule has 7 nitrogen and oxygen atoms in total. The molecule has 1 unspecified atom stereocenters. The van der Waals surface area contributed by atoms with Gasteiger partial charge in [0.25, 0.3) is 11.6 Å². The Morgan fingerprint density at radius 3 is 2.21 bits per heavy atom. The average Bonchev–Trinajstić information content (AvgIpc) is 2.73. The molecule has 1 atom stereocenters. The number of rotatable bonds is 6. The molecule has 146 valence electrons. The van der Waals surface area contributed by atoms with Crippen LogP contribution in [0.5, 0.6) is 0 Å². The lowest BCUT2D eigenvalue weighted by Crippen LogP contribution is -2.42. The molecule has 0 aliphatic carbocycles. The summed E-state index contributed by atoms with van der Waals surface area (Å²) in [6.45, 7) is 1.91. The number of hydrogen-bond acceptors (Lipinski definition) is 4. The van der Waals surface area contributed by atoms with Crippen LogP contribution in [0.4, 0.5) is 11.4 Å². The van der Waals surface area contributed by atoms with Gasteiger partial charge in [-0.05, 0) is 30.7 Å². The highest BCUT2D eigenvalue weighted by atomic mass is 16.6. The number of nitro groups is 1. The fourth-order valence-electron chi connectivity index (χ4n) is 3.05. The van der Waals surface area contributed by atoms with Crippen LogP contribution in [0.3, 0.4) is 0 Å². The third-order valence-corrected chi connectivity index (χ3v) is 4.48. The molecule has 3 aromatic carbocycles. The van der Waals surface area contributed by atoms with E-state index in [0.717, 1.165) is 5.56 Å². The van der Waals surface area contributed by atoms with Gasteiger partial charge in [0.1, 0.15) is 6.04 Å². The summed E-state index contributed by atoms with van der Waals surface area (Å²) in [4.78, 5) is 37.6. The topological polar surface area (TPSA) is 107 Å². The van der Waals surface area contributed by atoms with Gasteiger partial charge in [0, 0.05) is 23.4 Å². The molecule has 3 rings (SSSR count). The highest BCUT2D eigenvalue weighted by Gasteiger charge is 2.32. The van der Waals surface area contributed by atoms with Crippen LogP contribution in [0.15, 0.2) is 78.9 Å². The summed E-state index contributed by atoms with van der Waals surface area (Å²) >= 11 is 0. The number of anilines is 1. The summed E-state index contributed by atoms with van der Waals surface area (Å²) in [5, 5.41) is 11.1. The van der Waals surface area contributed by atoms with Crippen molar-refractivity contribution in [2.24, 2.45) is 5.73 Å². The molecule has 0 heterocycles. The van der Waals surface area contributed by atoms with Gasteiger partial charge in [-0.3, -0.25) is 24.6 Å². The molecule has 7 heteroatoms. The van der Waals surface area contributed by atoms with Gasteiger partial charge >= 0.3 is 0 Å². The van der Waals surface area contributed by atoms with Gasteiger partial charge in [-0.15, -0.1) is 0 Å². The molecule has 0 bridgehead atoms. The highest BCUT2D eigenvalue weighted by Crippen LogP contribution is 2.30. The van der Waals surface area contributed by atoms with E-state index in [1.807, 2.05) is 19.1 Å². The Kier molecular flexibility index (Phi) is 5.69. The first-order valence-corrected chi connectivity index (χ1v) is 8.87. The first-order chi connectivity index (χ1) is 13.9. The van der Waals surface area contributed by atoms with E-state index < -0.39 is 22.8 Å². The number of non-ortho nitro benzene ring substituents is 1. The monoisotopic (exact) mass is 389 g/mol. The minimum atomic E-state index is -1.08. The number of para-hydroxylation sites is 1. The van der Waals surface area contributed by atoms with Crippen molar-refractivity contribution in [3.8, 4) is 0 Å². The average molecular weight is 389 g/mol. The van der Waals surface area contributed by atoms with Gasteiger partial charge in [0.05, 0.1) is 4.92 Å². The number of benzene rings is 3. The van der Waals surface area contributed by atoms with Crippen molar-refractivity contribution in [3.63, 3.8) is 0 Å². The molecule has 0 aliphatic heterocycles. The predicted octanol–water partition coefficient (Wildman–Crippen LogP) is 3.78. The summed E-state index contributed by atoms with van der Waals surface area (Å²) < 4.78 is 0. The quantitative estimate of drug-likeness (QED) is 0.511. The summed E-state index contributed by atoms with van der Waals surface area (Å²) in [5.41, 5.74) is 7.56. The van der Waals surface area contributed by atoms with Crippen LogP contribution in [-0.4, -0.2) is 16.7 Å². The minimum absolute atomic E-state index is 0.0846. The van der Waals surface area contributed by atoms with E-state index in [4.69, 9.17) is 5.73 Å². The maximum absolute atomic E-state index is 13.4. The van der Waals surface area contributed by atoms with Crippen LogP contribution in [0.25, 0.3) is 0 Å². The zero-order valence-electron chi connectivity index (χ0n) is 15.7. The number of amides is 2. The molecule has 0 spiro atoms. The van der Waals surface area contributed by atoms with E-state index in [1.165, 1.54) is 29.2 Å². The lowest BCUT2D eigenvalue weighted by atomic mass is 10.0. The van der Waals surface area contributed by atoms with Crippen molar-refractivity contribution in [1.82, 2.24) is 0 Å². The van der Waals surface area contributed by atoms with Crippen molar-refractivity contribution >= 4 is 23.2 Å². The second-order valence-corrected chi connectivity index (χ2v) is 6.53. The smallest absolute Gasteiger partial charge is 0.270 e. The third kappa shape index (κ3) is 4.30. The fourth-order valence-corrected chi connectivity index (χ4v) is 3.05.